The predicted octanol–water partition coefficient (Wildman–Crippen LogP) is 0.282. The van der Waals surface area contributed by atoms with Crippen molar-refractivity contribution in [1.82, 2.24) is 10.2 Å². The summed E-state index contributed by atoms with van der Waals surface area (Å²) in [6.07, 6.45) is 0. The monoisotopic (exact) mass is 266 g/mol. The van der Waals surface area contributed by atoms with Crippen molar-refractivity contribution in [2.45, 2.75) is 19.4 Å². The highest BCUT2D eigenvalue weighted by atomic mass is 35.5. The minimum atomic E-state index is -0.222. The Morgan fingerprint density at radius 1 is 1.53 bits per heavy atom. The zero-order chi connectivity index (χ0) is 12.0. The normalized spacial score (nSPS) is 18.6. The average molecular weight is 267 g/mol. The molecule has 17 heavy (non-hydrogen) atoms. The summed E-state index contributed by atoms with van der Waals surface area (Å²) >= 11 is 0. The standard InChI is InChI=1S/C11H22N2O3.ClH/c1-11(2)9-13(5-7-16-11)10(14)8-12-4-6-15-3;/h12H,4-9H2,1-3H3;1H. The van der Waals surface area contributed by atoms with Gasteiger partial charge in [-0.05, 0) is 13.8 Å². The van der Waals surface area contributed by atoms with Crippen molar-refractivity contribution in [2.24, 2.45) is 0 Å². The van der Waals surface area contributed by atoms with Gasteiger partial charge in [0.05, 0.1) is 25.4 Å². The van der Waals surface area contributed by atoms with Gasteiger partial charge in [0.1, 0.15) is 0 Å². The third-order valence-corrected chi connectivity index (χ3v) is 2.54. The van der Waals surface area contributed by atoms with Crippen molar-refractivity contribution in [3.63, 3.8) is 0 Å². The third kappa shape index (κ3) is 6.21. The number of nitrogens with zero attached hydrogens (tertiary/aromatic N) is 1. The minimum Gasteiger partial charge on any atom is -0.383 e. The van der Waals surface area contributed by atoms with Crippen molar-refractivity contribution in [3.05, 3.63) is 0 Å². The van der Waals surface area contributed by atoms with Gasteiger partial charge in [-0.15, -0.1) is 12.4 Å². The van der Waals surface area contributed by atoms with E-state index in [4.69, 9.17) is 9.47 Å². The predicted molar refractivity (Wildman–Crippen MR) is 68.6 cm³/mol. The number of carbonyl (C=O) groups is 1. The summed E-state index contributed by atoms with van der Waals surface area (Å²) in [5.41, 5.74) is -0.222. The molecule has 1 N–H and O–H groups in total. The maximum Gasteiger partial charge on any atom is 0.236 e. The molecule has 1 aliphatic heterocycles. The molecule has 1 saturated heterocycles. The Morgan fingerprint density at radius 3 is 2.82 bits per heavy atom. The van der Waals surface area contributed by atoms with Crippen LogP contribution in [0.15, 0.2) is 0 Å². The van der Waals surface area contributed by atoms with E-state index >= 15 is 0 Å². The Balaban J connectivity index is 0.00000256. The van der Waals surface area contributed by atoms with E-state index in [0.717, 1.165) is 0 Å². The second-order valence-electron chi connectivity index (χ2n) is 4.59. The maximum atomic E-state index is 11.8. The van der Waals surface area contributed by atoms with Crippen LogP contribution in [0.5, 0.6) is 0 Å². The van der Waals surface area contributed by atoms with Crippen LogP contribution in [-0.4, -0.2) is 62.9 Å². The van der Waals surface area contributed by atoms with Gasteiger partial charge in [-0.25, -0.2) is 0 Å². The molecule has 1 fully saturated rings. The lowest BCUT2D eigenvalue weighted by Gasteiger charge is -2.38. The highest BCUT2D eigenvalue weighted by Crippen LogP contribution is 2.15. The van der Waals surface area contributed by atoms with Gasteiger partial charge in [-0.2, -0.15) is 0 Å². The van der Waals surface area contributed by atoms with Crippen LogP contribution >= 0.6 is 12.4 Å². The molecule has 1 heterocycles. The van der Waals surface area contributed by atoms with Crippen molar-refractivity contribution >= 4 is 18.3 Å². The van der Waals surface area contributed by atoms with Crippen LogP contribution in [0, 0.1) is 0 Å². The topological polar surface area (TPSA) is 50.8 Å². The molecule has 0 aromatic heterocycles. The lowest BCUT2D eigenvalue weighted by Crippen LogP contribution is -2.52. The van der Waals surface area contributed by atoms with E-state index in [1.165, 1.54) is 0 Å². The summed E-state index contributed by atoms with van der Waals surface area (Å²) in [6, 6.07) is 0. The molecular weight excluding hydrogens is 244 g/mol. The molecule has 1 aliphatic rings. The fraction of sp³-hybridized carbons (Fsp3) is 0.909. The quantitative estimate of drug-likeness (QED) is 0.727. The molecule has 0 saturated carbocycles. The first-order chi connectivity index (χ1) is 7.55. The van der Waals surface area contributed by atoms with Crippen LogP contribution in [0.25, 0.3) is 0 Å². The van der Waals surface area contributed by atoms with E-state index in [1.54, 1.807) is 7.11 Å². The Labute approximate surface area is 109 Å². The number of hydrogen-bond donors (Lipinski definition) is 1. The lowest BCUT2D eigenvalue weighted by molar-refractivity contribution is -0.145. The number of morpholine rings is 1. The summed E-state index contributed by atoms with van der Waals surface area (Å²) in [5, 5.41) is 3.05. The fourth-order valence-corrected chi connectivity index (χ4v) is 1.71. The third-order valence-electron chi connectivity index (χ3n) is 2.54. The number of amides is 1. The molecule has 0 aromatic rings. The highest BCUT2D eigenvalue weighted by Gasteiger charge is 2.29. The molecule has 102 valence electrons. The smallest absolute Gasteiger partial charge is 0.236 e. The van der Waals surface area contributed by atoms with Gasteiger partial charge < -0.3 is 19.7 Å². The molecule has 0 unspecified atom stereocenters. The molecule has 6 heteroatoms. The molecule has 0 aromatic carbocycles. The van der Waals surface area contributed by atoms with Crippen molar-refractivity contribution in [2.75, 3.05) is 46.5 Å². The molecule has 1 rings (SSSR count). The van der Waals surface area contributed by atoms with Gasteiger partial charge in [-0.3, -0.25) is 4.79 Å². The van der Waals surface area contributed by atoms with Gasteiger partial charge in [0.15, 0.2) is 0 Å². The van der Waals surface area contributed by atoms with Gasteiger partial charge in [0.25, 0.3) is 0 Å². The molecule has 0 radical (unpaired) electrons. The average Bonchev–Trinajstić information content (AvgIpc) is 2.22. The van der Waals surface area contributed by atoms with Crippen molar-refractivity contribution < 1.29 is 14.3 Å². The van der Waals surface area contributed by atoms with Gasteiger partial charge in [-0.1, -0.05) is 0 Å². The Morgan fingerprint density at radius 2 is 2.24 bits per heavy atom. The highest BCUT2D eigenvalue weighted by molar-refractivity contribution is 5.85. The molecule has 0 aliphatic carbocycles. The van der Waals surface area contributed by atoms with Crippen LogP contribution in [0.4, 0.5) is 0 Å². The molecule has 0 bridgehead atoms. The summed E-state index contributed by atoms with van der Waals surface area (Å²) in [6.45, 7) is 7.69. The van der Waals surface area contributed by atoms with Crippen LogP contribution in [0.3, 0.4) is 0 Å². The van der Waals surface area contributed by atoms with Crippen LogP contribution < -0.4 is 5.32 Å². The summed E-state index contributed by atoms with van der Waals surface area (Å²) in [5.74, 6) is 0.132. The van der Waals surface area contributed by atoms with Gasteiger partial charge in [0.2, 0.25) is 5.91 Å². The minimum absolute atomic E-state index is 0. The summed E-state index contributed by atoms with van der Waals surface area (Å²) < 4.78 is 10.4. The number of rotatable bonds is 5. The number of nitrogens with one attached hydrogen (secondary N) is 1. The number of halogens is 1. The molecule has 0 atom stereocenters. The first-order valence-corrected chi connectivity index (χ1v) is 5.66. The van der Waals surface area contributed by atoms with Crippen molar-refractivity contribution in [1.29, 1.82) is 0 Å². The zero-order valence-electron chi connectivity index (χ0n) is 10.8. The van der Waals surface area contributed by atoms with E-state index in [2.05, 4.69) is 5.32 Å². The summed E-state index contributed by atoms with van der Waals surface area (Å²) in [7, 11) is 1.65. The second kappa shape index (κ2) is 7.87. The van der Waals surface area contributed by atoms with Crippen molar-refractivity contribution in [3.8, 4) is 0 Å². The molecular formula is C11H23ClN2O3. The number of methoxy groups -OCH3 is 1. The van der Waals surface area contributed by atoms with Gasteiger partial charge in [0, 0.05) is 26.7 Å². The number of ether oxygens (including phenoxy) is 2. The van der Waals surface area contributed by atoms with Gasteiger partial charge >= 0.3 is 0 Å². The zero-order valence-corrected chi connectivity index (χ0v) is 11.6. The largest absolute Gasteiger partial charge is 0.383 e. The van der Waals surface area contributed by atoms with E-state index in [0.29, 0.717) is 39.4 Å². The Kier molecular flexibility index (Phi) is 7.70. The van der Waals surface area contributed by atoms with Crippen LogP contribution in [0.2, 0.25) is 0 Å². The van der Waals surface area contributed by atoms with E-state index < -0.39 is 0 Å². The lowest BCUT2D eigenvalue weighted by atomic mass is 10.1. The number of hydrogen-bond acceptors (Lipinski definition) is 4. The molecule has 0 spiro atoms. The second-order valence-corrected chi connectivity index (χ2v) is 4.59. The summed E-state index contributed by atoms with van der Waals surface area (Å²) in [4.78, 5) is 13.7. The van der Waals surface area contributed by atoms with E-state index in [9.17, 15) is 4.79 Å². The first kappa shape index (κ1) is 16.6. The van der Waals surface area contributed by atoms with E-state index in [-0.39, 0.29) is 23.9 Å². The number of carbonyl (C=O) groups excluding carboxylic acids is 1. The van der Waals surface area contributed by atoms with Crippen LogP contribution in [-0.2, 0) is 14.3 Å². The maximum absolute atomic E-state index is 11.8. The van der Waals surface area contributed by atoms with Crippen LogP contribution in [0.1, 0.15) is 13.8 Å². The Bertz CT molecular complexity index is 237. The Hall–Kier alpha value is -0.360. The molecule has 5 nitrogen and oxygen atoms in total. The fourth-order valence-electron chi connectivity index (χ4n) is 1.71. The molecule has 1 amide bonds. The van der Waals surface area contributed by atoms with E-state index in [1.807, 2.05) is 18.7 Å². The first-order valence-electron chi connectivity index (χ1n) is 5.66. The SMILES string of the molecule is COCCNCC(=O)N1CCOC(C)(C)C1.Cl.